The van der Waals surface area contributed by atoms with Gasteiger partial charge in [0.15, 0.2) is 0 Å². The number of hydrogen-bond donors (Lipinski definition) is 0. The fourth-order valence-electron chi connectivity index (χ4n) is 4.24. The van der Waals surface area contributed by atoms with E-state index < -0.39 is 0 Å². The zero-order valence-electron chi connectivity index (χ0n) is 15.9. The van der Waals surface area contributed by atoms with Crippen molar-refractivity contribution in [2.24, 2.45) is 0 Å². The number of methoxy groups -OCH3 is 1. The second kappa shape index (κ2) is 8.70. The van der Waals surface area contributed by atoms with Gasteiger partial charge in [-0.3, -0.25) is 14.6 Å². The third kappa shape index (κ3) is 4.58. The van der Waals surface area contributed by atoms with Crippen LogP contribution in [0.4, 0.5) is 0 Å². The van der Waals surface area contributed by atoms with Gasteiger partial charge in [-0.2, -0.15) is 0 Å². The highest BCUT2D eigenvalue weighted by Gasteiger charge is 2.42. The second-order valence-electron chi connectivity index (χ2n) is 7.61. The smallest absolute Gasteiger partial charge is 0.222 e. The Labute approximate surface area is 161 Å². The molecule has 5 nitrogen and oxygen atoms in total. The molecule has 2 aliphatic rings. The van der Waals surface area contributed by atoms with E-state index in [-0.39, 0.29) is 11.4 Å². The lowest BCUT2D eigenvalue weighted by Gasteiger charge is -2.49. The molecule has 6 heteroatoms. The van der Waals surface area contributed by atoms with Crippen LogP contribution in [0.3, 0.4) is 0 Å². The Morgan fingerprint density at radius 3 is 2.85 bits per heavy atom. The number of benzene rings is 1. The van der Waals surface area contributed by atoms with E-state index in [9.17, 15) is 4.79 Å². The summed E-state index contributed by atoms with van der Waals surface area (Å²) in [4.78, 5) is 19.5. The first-order valence-corrected chi connectivity index (χ1v) is 9.85. The maximum absolute atomic E-state index is 12.5. The van der Waals surface area contributed by atoms with Gasteiger partial charge in [0, 0.05) is 63.4 Å². The Morgan fingerprint density at radius 1 is 1.23 bits per heavy atom. The van der Waals surface area contributed by atoms with Crippen LogP contribution in [-0.2, 0) is 16.1 Å². The molecular weight excluding hydrogens is 350 g/mol. The van der Waals surface area contributed by atoms with E-state index in [2.05, 4.69) is 29.0 Å². The number of carbonyl (C=O) groups is 1. The number of likely N-dealkylation sites (tertiary alicyclic amines) is 1. The van der Waals surface area contributed by atoms with Crippen molar-refractivity contribution >= 4 is 17.5 Å². The number of amides is 1. The Hall–Kier alpha value is -1.14. The molecule has 0 saturated carbocycles. The highest BCUT2D eigenvalue weighted by molar-refractivity contribution is 6.30. The van der Waals surface area contributed by atoms with Gasteiger partial charge in [-0.15, -0.1) is 0 Å². The molecule has 0 unspecified atom stereocenters. The van der Waals surface area contributed by atoms with Crippen LogP contribution in [0.5, 0.6) is 0 Å². The van der Waals surface area contributed by atoms with Gasteiger partial charge in [-0.25, -0.2) is 0 Å². The molecule has 1 aromatic rings. The number of piperazine rings is 1. The second-order valence-corrected chi connectivity index (χ2v) is 8.05. The van der Waals surface area contributed by atoms with Crippen molar-refractivity contribution in [3.05, 3.63) is 34.9 Å². The van der Waals surface area contributed by atoms with E-state index in [1.54, 1.807) is 7.11 Å². The van der Waals surface area contributed by atoms with Gasteiger partial charge in [0.1, 0.15) is 0 Å². The lowest BCUT2D eigenvalue weighted by Crippen LogP contribution is -2.60. The van der Waals surface area contributed by atoms with Crippen LogP contribution >= 0.6 is 11.6 Å². The maximum Gasteiger partial charge on any atom is 0.222 e. The summed E-state index contributed by atoms with van der Waals surface area (Å²) in [6.45, 7) is 6.12. The average Bonchev–Trinajstić information content (AvgIpc) is 2.77. The lowest BCUT2D eigenvalue weighted by atomic mass is 9.86. The van der Waals surface area contributed by atoms with Gasteiger partial charge in [0.25, 0.3) is 0 Å². The van der Waals surface area contributed by atoms with Crippen molar-refractivity contribution in [1.82, 2.24) is 14.7 Å². The van der Waals surface area contributed by atoms with E-state index in [1.807, 2.05) is 17.0 Å². The van der Waals surface area contributed by atoms with Crippen molar-refractivity contribution in [2.45, 2.75) is 31.3 Å². The Kier molecular flexibility index (Phi) is 6.56. The summed E-state index contributed by atoms with van der Waals surface area (Å²) in [5.74, 6) is 0.263. The highest BCUT2D eigenvalue weighted by atomic mass is 35.5. The van der Waals surface area contributed by atoms with Gasteiger partial charge in [0.05, 0.1) is 6.61 Å². The van der Waals surface area contributed by atoms with Crippen LogP contribution in [0.15, 0.2) is 24.3 Å². The number of rotatable bonds is 5. The van der Waals surface area contributed by atoms with Crippen LogP contribution in [0.2, 0.25) is 5.02 Å². The van der Waals surface area contributed by atoms with Gasteiger partial charge in [-0.05, 0) is 37.6 Å². The number of halogens is 1. The van der Waals surface area contributed by atoms with Crippen LogP contribution in [0.1, 0.15) is 24.8 Å². The standard InChI is InChI=1S/C20H30ClN3O2/c1-22-10-11-23(15-17-4-3-5-18(21)14-17)16-20(22)7-6-19(25)24(9-8-20)12-13-26-2/h3-5,14H,6-13,15-16H2,1-2H3/t20-/m0/s1. The van der Waals surface area contributed by atoms with Crippen molar-refractivity contribution in [2.75, 3.05) is 53.5 Å². The molecule has 0 N–H and O–H groups in total. The molecule has 1 amide bonds. The van der Waals surface area contributed by atoms with Crippen LogP contribution in [-0.4, -0.2) is 79.6 Å². The van der Waals surface area contributed by atoms with E-state index in [0.29, 0.717) is 19.6 Å². The van der Waals surface area contributed by atoms with Crippen molar-refractivity contribution in [3.63, 3.8) is 0 Å². The zero-order chi connectivity index (χ0) is 18.6. The number of hydrogen-bond acceptors (Lipinski definition) is 4. The lowest BCUT2D eigenvalue weighted by molar-refractivity contribution is -0.131. The van der Waals surface area contributed by atoms with Gasteiger partial charge in [-0.1, -0.05) is 23.7 Å². The molecule has 1 spiro atoms. The first kappa shape index (κ1) is 19.6. The van der Waals surface area contributed by atoms with Gasteiger partial charge >= 0.3 is 0 Å². The topological polar surface area (TPSA) is 36.0 Å². The Morgan fingerprint density at radius 2 is 2.08 bits per heavy atom. The fourth-order valence-corrected chi connectivity index (χ4v) is 4.45. The summed E-state index contributed by atoms with van der Waals surface area (Å²) < 4.78 is 5.16. The van der Waals surface area contributed by atoms with Crippen molar-refractivity contribution in [3.8, 4) is 0 Å². The molecule has 26 heavy (non-hydrogen) atoms. The Balaban J connectivity index is 1.68. The third-order valence-electron chi connectivity index (χ3n) is 5.94. The average molecular weight is 380 g/mol. The molecule has 1 atom stereocenters. The summed E-state index contributed by atoms with van der Waals surface area (Å²) in [5.41, 5.74) is 1.33. The monoisotopic (exact) mass is 379 g/mol. The van der Waals surface area contributed by atoms with E-state index in [4.69, 9.17) is 16.3 Å². The van der Waals surface area contributed by atoms with E-state index in [1.165, 1.54) is 5.56 Å². The minimum Gasteiger partial charge on any atom is -0.383 e. The van der Waals surface area contributed by atoms with Gasteiger partial charge < -0.3 is 9.64 Å². The number of nitrogens with zero attached hydrogens (tertiary/aromatic N) is 3. The van der Waals surface area contributed by atoms with Crippen molar-refractivity contribution < 1.29 is 9.53 Å². The van der Waals surface area contributed by atoms with Crippen LogP contribution < -0.4 is 0 Å². The number of likely N-dealkylation sites (N-methyl/N-ethyl adjacent to an activating group) is 1. The molecular formula is C20H30ClN3O2. The number of carbonyl (C=O) groups excluding carboxylic acids is 1. The fraction of sp³-hybridized carbons (Fsp3) is 0.650. The van der Waals surface area contributed by atoms with Crippen LogP contribution in [0, 0.1) is 0 Å². The summed E-state index contributed by atoms with van der Waals surface area (Å²) in [6.07, 6.45) is 2.57. The minimum absolute atomic E-state index is 0.0777. The molecule has 2 fully saturated rings. The quantitative estimate of drug-likeness (QED) is 0.787. The summed E-state index contributed by atoms with van der Waals surface area (Å²) in [6, 6.07) is 8.12. The molecule has 2 aliphatic heterocycles. The largest absolute Gasteiger partial charge is 0.383 e. The molecule has 0 aromatic heterocycles. The highest BCUT2D eigenvalue weighted by Crippen LogP contribution is 2.32. The normalized spacial score (nSPS) is 25.7. The molecule has 144 valence electrons. The van der Waals surface area contributed by atoms with Crippen LogP contribution in [0.25, 0.3) is 0 Å². The first-order chi connectivity index (χ1) is 12.5. The molecule has 2 heterocycles. The third-order valence-corrected chi connectivity index (χ3v) is 6.18. The summed E-state index contributed by atoms with van der Waals surface area (Å²) in [5, 5.41) is 0.792. The summed E-state index contributed by atoms with van der Waals surface area (Å²) in [7, 11) is 3.90. The maximum atomic E-state index is 12.5. The minimum atomic E-state index is 0.0777. The molecule has 1 aromatic carbocycles. The molecule has 3 rings (SSSR count). The van der Waals surface area contributed by atoms with E-state index >= 15 is 0 Å². The number of ether oxygens (including phenoxy) is 1. The molecule has 2 saturated heterocycles. The summed E-state index contributed by atoms with van der Waals surface area (Å²) >= 11 is 6.14. The predicted molar refractivity (Wildman–Crippen MR) is 104 cm³/mol. The first-order valence-electron chi connectivity index (χ1n) is 9.47. The Bertz CT molecular complexity index is 627. The molecule has 0 radical (unpaired) electrons. The molecule has 0 bridgehead atoms. The van der Waals surface area contributed by atoms with Gasteiger partial charge in [0.2, 0.25) is 5.91 Å². The SMILES string of the molecule is COCCN1CC[C@@]2(CCC1=O)CN(Cc1cccc(Cl)c1)CCN2C. The van der Waals surface area contributed by atoms with E-state index in [0.717, 1.165) is 50.6 Å². The predicted octanol–water partition coefficient (Wildman–Crippen LogP) is 2.49. The zero-order valence-corrected chi connectivity index (χ0v) is 16.7. The van der Waals surface area contributed by atoms with Crippen molar-refractivity contribution in [1.29, 1.82) is 0 Å². The molecule has 0 aliphatic carbocycles.